The summed E-state index contributed by atoms with van der Waals surface area (Å²) < 4.78 is 17.4. The van der Waals surface area contributed by atoms with Gasteiger partial charge in [0.25, 0.3) is 5.56 Å². The number of rotatable bonds is 6. The molecular weight excluding hydrogens is 360 g/mol. The molecule has 142 valence electrons. The van der Waals surface area contributed by atoms with E-state index in [4.69, 9.17) is 13.9 Å². The summed E-state index contributed by atoms with van der Waals surface area (Å²) in [5, 5.41) is 0.762. The van der Waals surface area contributed by atoms with E-state index >= 15 is 0 Å². The van der Waals surface area contributed by atoms with Gasteiger partial charge in [-0.1, -0.05) is 29.8 Å². The van der Waals surface area contributed by atoms with Crippen molar-refractivity contribution in [3.05, 3.63) is 70.8 Å². The molecule has 0 amide bonds. The number of hydrogen-bond acceptors (Lipinski definition) is 6. The van der Waals surface area contributed by atoms with Gasteiger partial charge in [-0.25, -0.2) is 4.98 Å². The highest BCUT2D eigenvalue weighted by Crippen LogP contribution is 2.23. The van der Waals surface area contributed by atoms with Gasteiger partial charge in [0, 0.05) is 5.39 Å². The number of ether oxygens (including phenoxy) is 2. The van der Waals surface area contributed by atoms with Crippen molar-refractivity contribution in [3.63, 3.8) is 0 Å². The molecule has 2 heterocycles. The van der Waals surface area contributed by atoms with Gasteiger partial charge in [-0.2, -0.15) is 0 Å². The summed E-state index contributed by atoms with van der Waals surface area (Å²) in [6.07, 6.45) is 1.33. The van der Waals surface area contributed by atoms with E-state index in [1.54, 1.807) is 6.07 Å². The molecule has 0 N–H and O–H groups in total. The van der Waals surface area contributed by atoms with Crippen LogP contribution in [0.5, 0.6) is 5.75 Å². The van der Waals surface area contributed by atoms with Gasteiger partial charge in [-0.05, 0) is 31.2 Å². The normalized spacial score (nSPS) is 11.0. The number of fused-ring (bicyclic) bond motifs is 3. The maximum absolute atomic E-state index is 12.6. The van der Waals surface area contributed by atoms with Crippen molar-refractivity contribution >= 4 is 28.0 Å². The van der Waals surface area contributed by atoms with Gasteiger partial charge in [-0.3, -0.25) is 14.2 Å². The molecule has 0 atom stereocenters. The lowest BCUT2D eigenvalue weighted by Gasteiger charge is -2.08. The highest BCUT2D eigenvalue weighted by atomic mass is 16.6. The first kappa shape index (κ1) is 17.8. The topological polar surface area (TPSA) is 83.6 Å². The Hall–Kier alpha value is -3.61. The number of nitrogens with zero attached hydrogens (tertiary/aromatic N) is 2. The number of furan rings is 1. The summed E-state index contributed by atoms with van der Waals surface area (Å²) in [5.41, 5.74) is 1.90. The van der Waals surface area contributed by atoms with Crippen molar-refractivity contribution in [1.82, 2.24) is 9.55 Å². The zero-order valence-corrected chi connectivity index (χ0v) is 15.3. The van der Waals surface area contributed by atoms with E-state index in [2.05, 4.69) is 4.98 Å². The third kappa shape index (κ3) is 3.59. The zero-order valence-electron chi connectivity index (χ0n) is 15.3. The number of carbonyl (C=O) groups is 1. The third-order valence-corrected chi connectivity index (χ3v) is 4.29. The molecule has 28 heavy (non-hydrogen) atoms. The van der Waals surface area contributed by atoms with Crippen molar-refractivity contribution in [2.24, 2.45) is 0 Å². The first-order valence-electron chi connectivity index (χ1n) is 8.83. The Kier molecular flexibility index (Phi) is 4.80. The number of aryl methyl sites for hydroxylation is 1. The Morgan fingerprint density at radius 1 is 1.11 bits per heavy atom. The number of hydrogen-bond donors (Lipinski definition) is 0. The molecule has 0 bridgehead atoms. The predicted molar refractivity (Wildman–Crippen MR) is 103 cm³/mol. The van der Waals surface area contributed by atoms with Crippen molar-refractivity contribution in [2.45, 2.75) is 13.5 Å². The lowest BCUT2D eigenvalue weighted by atomic mass is 10.2. The highest BCUT2D eigenvalue weighted by molar-refractivity contribution is 6.01. The van der Waals surface area contributed by atoms with E-state index in [0.29, 0.717) is 16.8 Å². The maximum atomic E-state index is 12.6. The first-order valence-corrected chi connectivity index (χ1v) is 8.83. The number of aromatic nitrogens is 2. The summed E-state index contributed by atoms with van der Waals surface area (Å²) in [6.45, 7) is 2.06. The second-order valence-electron chi connectivity index (χ2n) is 6.34. The van der Waals surface area contributed by atoms with Crippen LogP contribution in [0, 0.1) is 6.92 Å². The van der Waals surface area contributed by atoms with Gasteiger partial charge in [-0.15, -0.1) is 0 Å². The quantitative estimate of drug-likeness (QED) is 0.379. The maximum Gasteiger partial charge on any atom is 0.326 e. The molecule has 0 aliphatic rings. The fraction of sp³-hybridized carbons (Fsp3) is 0.190. The van der Waals surface area contributed by atoms with Gasteiger partial charge >= 0.3 is 5.97 Å². The number of benzene rings is 2. The zero-order chi connectivity index (χ0) is 19.5. The van der Waals surface area contributed by atoms with Crippen LogP contribution < -0.4 is 10.3 Å². The Morgan fingerprint density at radius 2 is 1.89 bits per heavy atom. The van der Waals surface area contributed by atoms with Crippen LogP contribution in [-0.4, -0.2) is 28.7 Å². The second-order valence-corrected chi connectivity index (χ2v) is 6.34. The highest BCUT2D eigenvalue weighted by Gasteiger charge is 2.15. The molecule has 7 nitrogen and oxygen atoms in total. The molecule has 0 radical (unpaired) electrons. The Bertz CT molecular complexity index is 1190. The SMILES string of the molecule is Cc1ccc(OCCOC(=O)Cn2cnc3c(oc4ccccc43)c2=O)cc1. The van der Waals surface area contributed by atoms with E-state index in [0.717, 1.165) is 10.9 Å². The van der Waals surface area contributed by atoms with E-state index in [1.165, 1.54) is 10.9 Å². The smallest absolute Gasteiger partial charge is 0.326 e. The number of carbonyl (C=O) groups excluding carboxylic acids is 1. The van der Waals surface area contributed by atoms with Crippen LogP contribution in [0.15, 0.2) is 64.1 Å². The molecule has 4 rings (SSSR count). The molecule has 0 spiro atoms. The Labute approximate surface area is 160 Å². The van der Waals surface area contributed by atoms with Crippen molar-refractivity contribution < 1.29 is 18.7 Å². The van der Waals surface area contributed by atoms with Gasteiger partial charge in [0.05, 0.1) is 6.33 Å². The average molecular weight is 378 g/mol. The molecule has 7 heteroatoms. The average Bonchev–Trinajstić information content (AvgIpc) is 3.08. The Balaban J connectivity index is 1.38. The van der Waals surface area contributed by atoms with Gasteiger partial charge < -0.3 is 13.9 Å². The van der Waals surface area contributed by atoms with Crippen molar-refractivity contribution in [1.29, 1.82) is 0 Å². The monoisotopic (exact) mass is 378 g/mol. The number of para-hydroxylation sites is 1. The van der Waals surface area contributed by atoms with Crippen LogP contribution in [0.25, 0.3) is 22.1 Å². The van der Waals surface area contributed by atoms with Gasteiger partial charge in [0.2, 0.25) is 5.58 Å². The summed E-state index contributed by atoms with van der Waals surface area (Å²) in [7, 11) is 0. The Morgan fingerprint density at radius 3 is 2.71 bits per heavy atom. The standard InChI is InChI=1S/C21H18N2O5/c1-14-6-8-15(9-7-14)26-10-11-27-18(24)12-23-13-22-19-16-4-2-3-5-17(16)28-20(19)21(23)25/h2-9,13H,10-12H2,1H3. The van der Waals surface area contributed by atoms with Crippen LogP contribution in [0.1, 0.15) is 5.56 Å². The fourth-order valence-electron chi connectivity index (χ4n) is 2.86. The number of esters is 1. The molecule has 0 aliphatic carbocycles. The van der Waals surface area contributed by atoms with Crippen LogP contribution in [0.2, 0.25) is 0 Å². The molecule has 4 aromatic rings. The molecule has 2 aromatic carbocycles. The molecule has 0 saturated carbocycles. The first-order chi connectivity index (χ1) is 13.6. The van der Waals surface area contributed by atoms with Gasteiger partial charge in [0.1, 0.15) is 36.6 Å². The molecule has 0 unspecified atom stereocenters. The van der Waals surface area contributed by atoms with E-state index in [1.807, 2.05) is 49.4 Å². The van der Waals surface area contributed by atoms with Crippen molar-refractivity contribution in [3.8, 4) is 5.75 Å². The van der Waals surface area contributed by atoms with E-state index in [9.17, 15) is 9.59 Å². The summed E-state index contributed by atoms with van der Waals surface area (Å²) in [4.78, 5) is 28.9. The van der Waals surface area contributed by atoms with E-state index in [-0.39, 0.29) is 25.3 Å². The predicted octanol–water partition coefficient (Wildman–Crippen LogP) is 3.07. The minimum absolute atomic E-state index is 0.0851. The van der Waals surface area contributed by atoms with Crippen LogP contribution in [0.4, 0.5) is 0 Å². The summed E-state index contributed by atoms with van der Waals surface area (Å²) in [5.74, 6) is 0.157. The third-order valence-electron chi connectivity index (χ3n) is 4.29. The molecule has 0 aliphatic heterocycles. The largest absolute Gasteiger partial charge is 0.490 e. The lowest BCUT2D eigenvalue weighted by Crippen LogP contribution is -2.26. The molecule has 0 fully saturated rings. The lowest BCUT2D eigenvalue weighted by molar-refractivity contribution is -0.145. The van der Waals surface area contributed by atoms with Crippen LogP contribution in [-0.2, 0) is 16.1 Å². The minimum atomic E-state index is -0.549. The molecule has 2 aromatic heterocycles. The van der Waals surface area contributed by atoms with Crippen LogP contribution in [0.3, 0.4) is 0 Å². The van der Waals surface area contributed by atoms with Crippen molar-refractivity contribution in [2.75, 3.05) is 13.2 Å². The van der Waals surface area contributed by atoms with E-state index < -0.39 is 11.5 Å². The van der Waals surface area contributed by atoms with Crippen LogP contribution >= 0.6 is 0 Å². The minimum Gasteiger partial charge on any atom is -0.490 e. The van der Waals surface area contributed by atoms with Gasteiger partial charge in [0.15, 0.2) is 0 Å². The fourth-order valence-corrected chi connectivity index (χ4v) is 2.86. The molecule has 0 saturated heterocycles. The second kappa shape index (κ2) is 7.56. The summed E-state index contributed by atoms with van der Waals surface area (Å²) in [6, 6.07) is 14.9. The summed E-state index contributed by atoms with van der Waals surface area (Å²) >= 11 is 0. The molecular formula is C21H18N2O5.